The molecule has 3 aromatic carbocycles. The molecule has 0 saturated heterocycles. The van der Waals surface area contributed by atoms with E-state index in [0.717, 1.165) is 0 Å². The van der Waals surface area contributed by atoms with Crippen LogP contribution in [0.15, 0.2) is 54.6 Å². The molecule has 0 fully saturated rings. The van der Waals surface area contributed by atoms with Gasteiger partial charge in [0.15, 0.2) is 17.5 Å². The normalized spacial score (nSPS) is 9.62. The molecule has 0 aliphatic carbocycles. The first kappa shape index (κ1) is 33.7. The lowest BCUT2D eigenvalue weighted by Crippen LogP contribution is -2.06. The molecular weight excluding hydrogens is 606 g/mol. The van der Waals surface area contributed by atoms with Gasteiger partial charge in [-0.1, -0.05) is 35.5 Å². The van der Waals surface area contributed by atoms with Crippen molar-refractivity contribution in [2.75, 3.05) is 39.6 Å². The summed E-state index contributed by atoms with van der Waals surface area (Å²) in [6, 6.07) is 15.2. The summed E-state index contributed by atoms with van der Waals surface area (Å²) in [6.45, 7) is 0.0409. The van der Waals surface area contributed by atoms with E-state index in [1.165, 1.54) is 0 Å². The predicted octanol–water partition coefficient (Wildman–Crippen LogP) is 4.94. The topological polar surface area (TPSA) is 94.1 Å². The predicted molar refractivity (Wildman–Crippen MR) is 182 cm³/mol. The summed E-state index contributed by atoms with van der Waals surface area (Å²) >= 11 is 0. The third-order valence-corrected chi connectivity index (χ3v) is 6.12. The van der Waals surface area contributed by atoms with E-state index in [1.54, 1.807) is 54.6 Å². The maximum absolute atomic E-state index is 5.89. The SMILES string of the molecule is C#CCOc1ccc(-c2nc(-c3ccc(OCC#C)cc3OCC#C)nc(-c3ccc(OCC#C)cc3OCC#C)n2)c(OCC#C)c1. The van der Waals surface area contributed by atoms with Crippen molar-refractivity contribution >= 4 is 0 Å². The van der Waals surface area contributed by atoms with Crippen LogP contribution < -0.4 is 28.4 Å². The second-order valence-corrected chi connectivity index (χ2v) is 9.24. The summed E-state index contributed by atoms with van der Waals surface area (Å²) in [4.78, 5) is 14.5. The Morgan fingerprint density at radius 2 is 0.625 bits per heavy atom. The van der Waals surface area contributed by atoms with E-state index in [0.29, 0.717) is 51.2 Å². The van der Waals surface area contributed by atoms with Crippen LogP contribution in [0.2, 0.25) is 0 Å². The van der Waals surface area contributed by atoms with Gasteiger partial charge in [-0.05, 0) is 36.4 Å². The van der Waals surface area contributed by atoms with Crippen molar-refractivity contribution < 1.29 is 28.4 Å². The molecule has 0 atom stereocenters. The van der Waals surface area contributed by atoms with Crippen molar-refractivity contribution in [3.05, 3.63) is 54.6 Å². The molecule has 0 radical (unpaired) electrons. The number of terminal acetylenes is 6. The molecule has 0 N–H and O–H groups in total. The molecule has 0 aliphatic heterocycles. The second-order valence-electron chi connectivity index (χ2n) is 9.24. The quantitative estimate of drug-likeness (QED) is 0.169. The van der Waals surface area contributed by atoms with Crippen LogP contribution in [-0.4, -0.2) is 54.6 Å². The lowest BCUT2D eigenvalue weighted by Gasteiger charge is -2.16. The van der Waals surface area contributed by atoms with Gasteiger partial charge in [0.05, 0.1) is 16.7 Å². The summed E-state index contributed by atoms with van der Waals surface area (Å²) < 4.78 is 34.5. The number of hydrogen-bond acceptors (Lipinski definition) is 9. The Kier molecular flexibility index (Phi) is 12.2. The summed E-state index contributed by atoms with van der Waals surface area (Å²) in [5.41, 5.74) is 1.43. The number of rotatable bonds is 15. The summed E-state index contributed by atoms with van der Waals surface area (Å²) in [6.07, 6.45) is 32.7. The van der Waals surface area contributed by atoms with Gasteiger partial charge in [0.1, 0.15) is 74.1 Å². The molecule has 0 bridgehead atoms. The third kappa shape index (κ3) is 8.72. The maximum Gasteiger partial charge on any atom is 0.167 e. The van der Waals surface area contributed by atoms with Gasteiger partial charge in [0, 0.05) is 18.2 Å². The van der Waals surface area contributed by atoms with E-state index in [9.17, 15) is 0 Å². The lowest BCUT2D eigenvalue weighted by molar-refractivity contribution is 0.352. The highest BCUT2D eigenvalue weighted by atomic mass is 16.5. The zero-order chi connectivity index (χ0) is 34.1. The van der Waals surface area contributed by atoms with Gasteiger partial charge in [0.25, 0.3) is 0 Å². The van der Waals surface area contributed by atoms with Crippen LogP contribution in [-0.2, 0) is 0 Å². The molecule has 4 rings (SSSR count). The average Bonchev–Trinajstić information content (AvgIpc) is 3.12. The van der Waals surface area contributed by atoms with E-state index in [4.69, 9.17) is 81.9 Å². The molecule has 9 nitrogen and oxygen atoms in total. The monoisotopic (exact) mass is 633 g/mol. The van der Waals surface area contributed by atoms with Crippen molar-refractivity contribution in [2.45, 2.75) is 0 Å². The molecule has 4 aromatic rings. The minimum Gasteiger partial charge on any atom is -0.481 e. The summed E-state index contributed by atoms with van der Waals surface area (Å²) in [5.74, 6) is 17.7. The van der Waals surface area contributed by atoms with Crippen molar-refractivity contribution in [2.24, 2.45) is 0 Å². The smallest absolute Gasteiger partial charge is 0.167 e. The molecule has 0 aliphatic rings. The molecule has 9 heteroatoms. The molecule has 0 spiro atoms. The first-order valence-corrected chi connectivity index (χ1v) is 14.1. The number of nitrogens with zero attached hydrogens (tertiary/aromatic N) is 3. The molecule has 48 heavy (non-hydrogen) atoms. The van der Waals surface area contributed by atoms with Crippen LogP contribution in [0.4, 0.5) is 0 Å². The van der Waals surface area contributed by atoms with Crippen molar-refractivity contribution in [1.29, 1.82) is 0 Å². The first-order valence-electron chi connectivity index (χ1n) is 14.1. The van der Waals surface area contributed by atoms with E-state index < -0.39 is 0 Å². The molecule has 1 heterocycles. The van der Waals surface area contributed by atoms with Crippen molar-refractivity contribution in [3.63, 3.8) is 0 Å². The van der Waals surface area contributed by atoms with Gasteiger partial charge >= 0.3 is 0 Å². The van der Waals surface area contributed by atoms with Gasteiger partial charge in [-0.15, -0.1) is 38.5 Å². The largest absolute Gasteiger partial charge is 0.481 e. The number of aromatic nitrogens is 3. The van der Waals surface area contributed by atoms with E-state index in [1.807, 2.05) is 0 Å². The first-order chi connectivity index (χ1) is 23.5. The fourth-order valence-corrected chi connectivity index (χ4v) is 4.16. The zero-order valence-corrected chi connectivity index (χ0v) is 25.7. The molecular formula is C39H27N3O6. The lowest BCUT2D eigenvalue weighted by atomic mass is 10.1. The van der Waals surface area contributed by atoms with Gasteiger partial charge in [-0.2, -0.15) is 0 Å². The minimum absolute atomic E-state index is 0.0389. The minimum atomic E-state index is -0.0389. The van der Waals surface area contributed by atoms with Crippen LogP contribution in [0.5, 0.6) is 34.5 Å². The van der Waals surface area contributed by atoms with E-state index in [2.05, 4.69) is 35.5 Å². The number of benzene rings is 3. The Hall–Kier alpha value is -7.17. The zero-order valence-electron chi connectivity index (χ0n) is 25.7. The Morgan fingerprint density at radius 1 is 0.375 bits per heavy atom. The Morgan fingerprint density at radius 3 is 0.875 bits per heavy atom. The Labute approximate surface area is 280 Å². The summed E-state index contributed by atoms with van der Waals surface area (Å²) in [7, 11) is 0. The van der Waals surface area contributed by atoms with E-state index >= 15 is 0 Å². The fourth-order valence-electron chi connectivity index (χ4n) is 4.16. The Bertz CT molecular complexity index is 1790. The third-order valence-electron chi connectivity index (χ3n) is 6.12. The maximum atomic E-state index is 5.89. The van der Waals surface area contributed by atoms with Gasteiger partial charge in [-0.3, -0.25) is 0 Å². The van der Waals surface area contributed by atoms with Gasteiger partial charge in [-0.25, -0.2) is 15.0 Å². The van der Waals surface area contributed by atoms with Crippen LogP contribution in [0.1, 0.15) is 0 Å². The second kappa shape index (κ2) is 17.4. The fraction of sp³-hybridized carbons (Fsp3) is 0.154. The molecule has 0 amide bonds. The van der Waals surface area contributed by atoms with Crippen molar-refractivity contribution in [3.8, 4) is 143 Å². The highest BCUT2D eigenvalue weighted by molar-refractivity contribution is 5.75. The highest BCUT2D eigenvalue weighted by Gasteiger charge is 2.21. The van der Waals surface area contributed by atoms with Crippen LogP contribution in [0.25, 0.3) is 34.2 Å². The van der Waals surface area contributed by atoms with E-state index in [-0.39, 0.29) is 57.1 Å². The number of hydrogen-bond donors (Lipinski definition) is 0. The molecule has 234 valence electrons. The average molecular weight is 634 g/mol. The Balaban J connectivity index is 1.98. The number of ether oxygens (including phenoxy) is 6. The molecule has 0 unspecified atom stereocenters. The molecule has 0 saturated carbocycles. The van der Waals surface area contributed by atoms with Crippen LogP contribution >= 0.6 is 0 Å². The van der Waals surface area contributed by atoms with Crippen LogP contribution in [0, 0.1) is 74.1 Å². The van der Waals surface area contributed by atoms with Crippen molar-refractivity contribution in [1.82, 2.24) is 15.0 Å². The van der Waals surface area contributed by atoms with Gasteiger partial charge < -0.3 is 28.4 Å². The standard InChI is InChI=1S/C39H27N3O6/c1-7-19-43-28-13-16-31(34(25-28)46-22-10-4)37-40-38(32-17-14-29(44-20-8-2)26-35(32)47-23-11-5)42-39(41-37)33-18-15-30(45-21-9-3)27-36(33)48-24-12-6/h1-6,13-18,25-27H,19-24H2. The summed E-state index contributed by atoms with van der Waals surface area (Å²) in [5, 5.41) is 0. The van der Waals surface area contributed by atoms with Gasteiger partial charge in [0.2, 0.25) is 0 Å². The van der Waals surface area contributed by atoms with Crippen LogP contribution in [0.3, 0.4) is 0 Å². The highest BCUT2D eigenvalue weighted by Crippen LogP contribution is 2.39. The molecule has 1 aromatic heterocycles.